The van der Waals surface area contributed by atoms with E-state index in [2.05, 4.69) is 5.32 Å². The van der Waals surface area contributed by atoms with E-state index >= 15 is 0 Å². The maximum absolute atomic E-state index is 10.8. The molecule has 0 fully saturated rings. The number of rotatable bonds is 3. The van der Waals surface area contributed by atoms with Crippen LogP contribution in [0.5, 0.6) is 0 Å². The highest BCUT2D eigenvalue weighted by Crippen LogP contribution is 1.99. The summed E-state index contributed by atoms with van der Waals surface area (Å²) in [7, 11) is 1.73. The number of nitrogens with one attached hydrogen (secondary N) is 1. The van der Waals surface area contributed by atoms with E-state index in [1.165, 1.54) is 6.92 Å². The monoisotopic (exact) mass is 130 g/mol. The van der Waals surface area contributed by atoms with E-state index in [0.29, 0.717) is 6.54 Å². The van der Waals surface area contributed by atoms with Crippen molar-refractivity contribution in [3.05, 3.63) is 0 Å². The molecule has 0 bridgehead atoms. The quantitative estimate of drug-likeness (QED) is 0.542. The van der Waals surface area contributed by atoms with Crippen LogP contribution < -0.4 is 11.1 Å². The van der Waals surface area contributed by atoms with E-state index in [4.69, 9.17) is 5.73 Å². The lowest BCUT2D eigenvalue weighted by atomic mass is 9.98. The Morgan fingerprint density at radius 3 is 2.22 bits per heavy atom. The molecule has 0 aromatic carbocycles. The Bertz CT molecular complexity index is 108. The molecule has 3 nitrogen and oxygen atoms in total. The molecule has 3 N–H and O–H groups in total. The Balaban J connectivity index is 4.09. The van der Waals surface area contributed by atoms with E-state index in [0.717, 1.165) is 0 Å². The zero-order chi connectivity index (χ0) is 7.49. The summed E-state index contributed by atoms with van der Waals surface area (Å²) in [6.07, 6.45) is 0. The highest BCUT2D eigenvalue weighted by atomic mass is 16.1. The lowest BCUT2D eigenvalue weighted by molar-refractivity contribution is -0.122. The minimum Gasteiger partial charge on any atom is -0.328 e. The molecule has 0 aromatic heterocycles. The highest BCUT2D eigenvalue weighted by molar-refractivity contribution is 5.85. The van der Waals surface area contributed by atoms with Crippen LogP contribution in [-0.4, -0.2) is 24.9 Å². The van der Waals surface area contributed by atoms with Gasteiger partial charge in [-0.1, -0.05) is 0 Å². The van der Waals surface area contributed by atoms with Crippen LogP contribution in [0.1, 0.15) is 13.8 Å². The normalized spacial score (nSPS) is 16.9. The molecule has 0 spiro atoms. The molecule has 0 aliphatic rings. The largest absolute Gasteiger partial charge is 0.328 e. The zero-order valence-corrected chi connectivity index (χ0v) is 6.19. The number of Topliss-reactive ketones (excluding diaryl/α,β-unsaturated/α-hetero) is 1. The van der Waals surface area contributed by atoms with Crippen molar-refractivity contribution in [1.29, 1.82) is 0 Å². The van der Waals surface area contributed by atoms with Crippen molar-refractivity contribution in [3.8, 4) is 0 Å². The van der Waals surface area contributed by atoms with Gasteiger partial charge in [0, 0.05) is 6.54 Å². The Labute approximate surface area is 55.6 Å². The van der Waals surface area contributed by atoms with Crippen molar-refractivity contribution < 1.29 is 4.79 Å². The predicted octanol–water partition coefficient (Wildman–Crippen LogP) is -0.488. The summed E-state index contributed by atoms with van der Waals surface area (Å²) in [6.45, 7) is 3.66. The first-order chi connectivity index (χ1) is 4.06. The van der Waals surface area contributed by atoms with Crippen LogP contribution in [0.2, 0.25) is 0 Å². The van der Waals surface area contributed by atoms with Gasteiger partial charge >= 0.3 is 0 Å². The molecule has 1 atom stereocenters. The molecule has 54 valence electrons. The van der Waals surface area contributed by atoms with Gasteiger partial charge in [0.05, 0.1) is 5.54 Å². The van der Waals surface area contributed by atoms with Gasteiger partial charge < -0.3 is 11.1 Å². The summed E-state index contributed by atoms with van der Waals surface area (Å²) in [5.74, 6) is 0.0764. The van der Waals surface area contributed by atoms with Crippen molar-refractivity contribution >= 4 is 5.78 Å². The summed E-state index contributed by atoms with van der Waals surface area (Å²) in [5.41, 5.74) is 4.81. The van der Waals surface area contributed by atoms with E-state index in [9.17, 15) is 4.79 Å². The fraction of sp³-hybridized carbons (Fsp3) is 0.833. The van der Waals surface area contributed by atoms with Crippen LogP contribution in [0.25, 0.3) is 0 Å². The molecule has 3 heteroatoms. The van der Waals surface area contributed by atoms with E-state index in [1.54, 1.807) is 14.0 Å². The highest BCUT2D eigenvalue weighted by Gasteiger charge is 2.24. The lowest BCUT2D eigenvalue weighted by Crippen LogP contribution is -2.52. The third-order valence-electron chi connectivity index (χ3n) is 1.74. The molecule has 0 aliphatic heterocycles. The maximum atomic E-state index is 10.8. The standard InChI is InChI=1S/C6H14N2O/c1-5(9)6(2,4-7)8-3/h8H,4,7H2,1-3H3/t6-/m1/s1. The van der Waals surface area contributed by atoms with Crippen LogP contribution in [0.4, 0.5) is 0 Å². The Hall–Kier alpha value is -0.410. The summed E-state index contributed by atoms with van der Waals surface area (Å²) in [5, 5.41) is 2.85. The summed E-state index contributed by atoms with van der Waals surface area (Å²) < 4.78 is 0. The molecular formula is C6H14N2O. The Morgan fingerprint density at radius 2 is 2.22 bits per heavy atom. The van der Waals surface area contributed by atoms with Gasteiger partial charge in [-0.05, 0) is 20.9 Å². The van der Waals surface area contributed by atoms with Crippen LogP contribution in [-0.2, 0) is 4.79 Å². The Morgan fingerprint density at radius 1 is 1.78 bits per heavy atom. The topological polar surface area (TPSA) is 55.1 Å². The first kappa shape index (κ1) is 8.59. The molecule has 0 aromatic rings. The lowest BCUT2D eigenvalue weighted by Gasteiger charge is -2.23. The molecule has 0 saturated heterocycles. The SMILES string of the molecule is CN[C@](C)(CN)C(C)=O. The third-order valence-corrected chi connectivity index (χ3v) is 1.74. The molecular weight excluding hydrogens is 116 g/mol. The fourth-order valence-electron chi connectivity index (χ4n) is 0.422. The van der Waals surface area contributed by atoms with Crippen molar-refractivity contribution in [2.45, 2.75) is 19.4 Å². The van der Waals surface area contributed by atoms with Crippen LogP contribution >= 0.6 is 0 Å². The molecule has 0 aliphatic carbocycles. The average Bonchev–Trinajstić information content (AvgIpc) is 1.86. The van der Waals surface area contributed by atoms with E-state index in [-0.39, 0.29) is 5.78 Å². The minimum atomic E-state index is -0.528. The minimum absolute atomic E-state index is 0.0764. The van der Waals surface area contributed by atoms with Crippen LogP contribution in [0, 0.1) is 0 Å². The smallest absolute Gasteiger partial charge is 0.150 e. The number of carbonyl (C=O) groups excluding carboxylic acids is 1. The van der Waals surface area contributed by atoms with Crippen molar-refractivity contribution in [1.82, 2.24) is 5.32 Å². The molecule has 9 heavy (non-hydrogen) atoms. The molecule has 0 saturated carbocycles. The van der Waals surface area contributed by atoms with E-state index in [1.807, 2.05) is 0 Å². The summed E-state index contributed by atoms with van der Waals surface area (Å²) in [6, 6.07) is 0. The van der Waals surface area contributed by atoms with Crippen LogP contribution in [0.3, 0.4) is 0 Å². The summed E-state index contributed by atoms with van der Waals surface area (Å²) in [4.78, 5) is 10.8. The second-order valence-corrected chi connectivity index (χ2v) is 2.34. The third kappa shape index (κ3) is 1.77. The first-order valence-electron chi connectivity index (χ1n) is 2.97. The molecule has 0 amide bonds. The molecule has 0 heterocycles. The second kappa shape index (κ2) is 2.94. The van der Waals surface area contributed by atoms with Crippen LogP contribution in [0.15, 0.2) is 0 Å². The van der Waals surface area contributed by atoms with Crippen molar-refractivity contribution in [3.63, 3.8) is 0 Å². The molecule has 0 rings (SSSR count). The maximum Gasteiger partial charge on any atom is 0.150 e. The van der Waals surface area contributed by atoms with E-state index < -0.39 is 5.54 Å². The number of likely N-dealkylation sites (N-methyl/N-ethyl adjacent to an activating group) is 1. The van der Waals surface area contributed by atoms with Gasteiger partial charge in [-0.3, -0.25) is 4.79 Å². The van der Waals surface area contributed by atoms with Gasteiger partial charge in [-0.15, -0.1) is 0 Å². The van der Waals surface area contributed by atoms with Gasteiger partial charge in [-0.25, -0.2) is 0 Å². The number of hydrogen-bond acceptors (Lipinski definition) is 3. The molecule has 0 unspecified atom stereocenters. The van der Waals surface area contributed by atoms with Crippen molar-refractivity contribution in [2.24, 2.45) is 5.73 Å². The van der Waals surface area contributed by atoms with Gasteiger partial charge in [0.25, 0.3) is 0 Å². The second-order valence-electron chi connectivity index (χ2n) is 2.34. The molecule has 0 radical (unpaired) electrons. The number of carbonyl (C=O) groups is 1. The van der Waals surface area contributed by atoms with Gasteiger partial charge in [0.2, 0.25) is 0 Å². The van der Waals surface area contributed by atoms with Gasteiger partial charge in [0.1, 0.15) is 0 Å². The first-order valence-corrected chi connectivity index (χ1v) is 2.97. The number of ketones is 1. The predicted molar refractivity (Wildman–Crippen MR) is 37.2 cm³/mol. The fourth-order valence-corrected chi connectivity index (χ4v) is 0.422. The van der Waals surface area contributed by atoms with Gasteiger partial charge in [0.15, 0.2) is 5.78 Å². The number of hydrogen-bond donors (Lipinski definition) is 2. The zero-order valence-electron chi connectivity index (χ0n) is 6.19. The van der Waals surface area contributed by atoms with Gasteiger partial charge in [-0.2, -0.15) is 0 Å². The summed E-state index contributed by atoms with van der Waals surface area (Å²) >= 11 is 0. The average molecular weight is 130 g/mol. The number of nitrogens with two attached hydrogens (primary N) is 1. The Kier molecular flexibility index (Phi) is 2.81. The van der Waals surface area contributed by atoms with Crippen molar-refractivity contribution in [2.75, 3.05) is 13.6 Å².